The third-order valence-corrected chi connectivity index (χ3v) is 4.31. The number of halogens is 3. The van der Waals surface area contributed by atoms with E-state index in [9.17, 15) is 13.6 Å². The highest BCUT2D eigenvalue weighted by molar-refractivity contribution is 6.28. The molecule has 0 atom stereocenters. The Kier molecular flexibility index (Phi) is 3.88. The number of rotatable bonds is 4. The molecule has 4 rings (SSSR count). The van der Waals surface area contributed by atoms with Crippen molar-refractivity contribution in [3.8, 4) is 17.0 Å². The average molecular weight is 364 g/mol. The van der Waals surface area contributed by atoms with Crippen molar-refractivity contribution in [1.29, 1.82) is 0 Å². The van der Waals surface area contributed by atoms with E-state index >= 15 is 0 Å². The number of para-hydroxylation sites is 1. The molecular formula is C17H12ClF2N3O2. The summed E-state index contributed by atoms with van der Waals surface area (Å²) in [6, 6.07) is 5.72. The Balaban J connectivity index is 1.93. The quantitative estimate of drug-likeness (QED) is 0.658. The van der Waals surface area contributed by atoms with Crippen LogP contribution in [0.3, 0.4) is 0 Å². The molecule has 1 aliphatic rings. The van der Waals surface area contributed by atoms with Crippen LogP contribution in [0.1, 0.15) is 16.8 Å². The molecule has 1 aromatic carbocycles. The zero-order chi connectivity index (χ0) is 17.6. The molecule has 5 nitrogen and oxygen atoms in total. The molecule has 0 spiro atoms. The van der Waals surface area contributed by atoms with Gasteiger partial charge in [-0.1, -0.05) is 18.2 Å². The predicted octanol–water partition coefficient (Wildman–Crippen LogP) is 3.98. The molecule has 8 heteroatoms. The molecule has 0 aliphatic carbocycles. The number of ether oxygens (including phenoxy) is 1. The first-order chi connectivity index (χ1) is 12.0. The summed E-state index contributed by atoms with van der Waals surface area (Å²) in [5.41, 5.74) is 2.75. The van der Waals surface area contributed by atoms with E-state index in [-0.39, 0.29) is 22.6 Å². The number of alkyl halides is 2. The number of hydrogen-bond donors (Lipinski definition) is 0. The molecule has 0 radical (unpaired) electrons. The molecule has 3 heterocycles. The minimum absolute atomic E-state index is 0.0230. The Labute approximate surface area is 146 Å². The van der Waals surface area contributed by atoms with E-state index in [0.717, 1.165) is 16.5 Å². The third-order valence-electron chi connectivity index (χ3n) is 4.13. The SMILES string of the molecule is O=C1CCc2cccc3c(-c4nc(Cl)ncc4OCC(F)F)cn1c23. The summed E-state index contributed by atoms with van der Waals surface area (Å²) >= 11 is 5.89. The normalized spacial score (nSPS) is 13.7. The van der Waals surface area contributed by atoms with E-state index in [4.69, 9.17) is 16.3 Å². The molecule has 3 aromatic rings. The van der Waals surface area contributed by atoms with Gasteiger partial charge in [0, 0.05) is 23.6 Å². The van der Waals surface area contributed by atoms with Crippen molar-refractivity contribution in [3.63, 3.8) is 0 Å². The third kappa shape index (κ3) is 2.74. The van der Waals surface area contributed by atoms with Crippen molar-refractivity contribution in [1.82, 2.24) is 14.5 Å². The monoisotopic (exact) mass is 363 g/mol. The minimum atomic E-state index is -2.62. The van der Waals surface area contributed by atoms with Gasteiger partial charge in [-0.25, -0.2) is 18.7 Å². The first-order valence-corrected chi connectivity index (χ1v) is 8.02. The van der Waals surface area contributed by atoms with Gasteiger partial charge in [-0.05, 0) is 23.6 Å². The Morgan fingerprint density at radius 2 is 2.16 bits per heavy atom. The molecule has 0 amide bonds. The van der Waals surface area contributed by atoms with Crippen molar-refractivity contribution in [2.75, 3.05) is 6.61 Å². The molecular weight excluding hydrogens is 352 g/mol. The summed E-state index contributed by atoms with van der Waals surface area (Å²) in [7, 11) is 0. The summed E-state index contributed by atoms with van der Waals surface area (Å²) in [6.07, 6.45) is 1.38. The number of nitrogens with zero attached hydrogens (tertiary/aromatic N) is 3. The lowest BCUT2D eigenvalue weighted by Crippen LogP contribution is -2.15. The average Bonchev–Trinajstić information content (AvgIpc) is 2.98. The Morgan fingerprint density at radius 3 is 2.96 bits per heavy atom. The number of hydrogen-bond acceptors (Lipinski definition) is 4. The van der Waals surface area contributed by atoms with E-state index in [2.05, 4.69) is 9.97 Å². The van der Waals surface area contributed by atoms with Crippen LogP contribution in [0.2, 0.25) is 5.28 Å². The maximum atomic E-state index is 12.5. The maximum absolute atomic E-state index is 12.5. The summed E-state index contributed by atoms with van der Waals surface area (Å²) < 4.78 is 31.8. The zero-order valence-electron chi connectivity index (χ0n) is 12.9. The summed E-state index contributed by atoms with van der Waals surface area (Å²) in [4.78, 5) is 20.2. The fourth-order valence-electron chi connectivity index (χ4n) is 3.11. The molecule has 0 saturated heterocycles. The van der Waals surface area contributed by atoms with Crippen LogP contribution >= 0.6 is 11.6 Å². The smallest absolute Gasteiger partial charge is 0.272 e. The van der Waals surface area contributed by atoms with Crippen molar-refractivity contribution >= 4 is 28.4 Å². The fraction of sp³-hybridized carbons (Fsp3) is 0.235. The van der Waals surface area contributed by atoms with Gasteiger partial charge in [0.05, 0.1) is 11.7 Å². The molecule has 1 aliphatic heterocycles. The molecule has 25 heavy (non-hydrogen) atoms. The largest absolute Gasteiger partial charge is 0.484 e. The first kappa shape index (κ1) is 16.0. The second kappa shape index (κ2) is 6.07. The van der Waals surface area contributed by atoms with E-state index < -0.39 is 13.0 Å². The second-order valence-corrected chi connectivity index (χ2v) is 6.01. The van der Waals surface area contributed by atoms with Gasteiger partial charge in [0.2, 0.25) is 11.2 Å². The number of aryl methyl sites for hydroxylation is 1. The van der Waals surface area contributed by atoms with Crippen LogP contribution in [-0.2, 0) is 6.42 Å². The van der Waals surface area contributed by atoms with Gasteiger partial charge in [0.1, 0.15) is 12.3 Å². The van der Waals surface area contributed by atoms with Gasteiger partial charge in [0.25, 0.3) is 6.43 Å². The molecule has 0 saturated carbocycles. The van der Waals surface area contributed by atoms with Crippen molar-refractivity contribution in [2.24, 2.45) is 0 Å². The minimum Gasteiger partial charge on any atom is -0.484 e. The standard InChI is InChI=1S/C17H12ClF2N3O2/c18-17-21-6-12(25-8-13(19)20)15(22-17)11-7-23-14(24)5-4-9-2-1-3-10(11)16(9)23/h1-3,6-7,13H,4-5,8H2. The van der Waals surface area contributed by atoms with Crippen molar-refractivity contribution in [3.05, 3.63) is 41.4 Å². The lowest BCUT2D eigenvalue weighted by molar-refractivity contribution is 0.0818. The van der Waals surface area contributed by atoms with Gasteiger partial charge in [-0.15, -0.1) is 0 Å². The molecule has 0 unspecified atom stereocenters. The van der Waals surface area contributed by atoms with E-state index in [1.807, 2.05) is 18.2 Å². The van der Waals surface area contributed by atoms with Crippen LogP contribution in [-0.4, -0.2) is 33.5 Å². The van der Waals surface area contributed by atoms with Crippen molar-refractivity contribution in [2.45, 2.75) is 19.3 Å². The van der Waals surface area contributed by atoms with E-state index in [1.165, 1.54) is 6.20 Å². The van der Waals surface area contributed by atoms with E-state index in [0.29, 0.717) is 18.4 Å². The van der Waals surface area contributed by atoms with Crippen LogP contribution in [0, 0.1) is 0 Å². The van der Waals surface area contributed by atoms with Crippen LogP contribution in [0.4, 0.5) is 8.78 Å². The molecule has 128 valence electrons. The Morgan fingerprint density at radius 1 is 1.32 bits per heavy atom. The number of carbonyl (C=O) groups excluding carboxylic acids is 1. The van der Waals surface area contributed by atoms with Gasteiger partial charge in [0.15, 0.2) is 5.75 Å². The molecule has 0 bridgehead atoms. The maximum Gasteiger partial charge on any atom is 0.272 e. The lowest BCUT2D eigenvalue weighted by Gasteiger charge is -2.13. The summed E-state index contributed by atoms with van der Waals surface area (Å²) in [5.74, 6) is 0.0750. The van der Waals surface area contributed by atoms with E-state index in [1.54, 1.807) is 10.8 Å². The van der Waals surface area contributed by atoms with Crippen LogP contribution in [0.15, 0.2) is 30.6 Å². The van der Waals surface area contributed by atoms with Crippen molar-refractivity contribution < 1.29 is 18.3 Å². The van der Waals surface area contributed by atoms with Gasteiger partial charge < -0.3 is 4.74 Å². The highest BCUT2D eigenvalue weighted by Crippen LogP contribution is 2.38. The van der Waals surface area contributed by atoms with Gasteiger partial charge in [-0.2, -0.15) is 0 Å². The van der Waals surface area contributed by atoms with Crippen LogP contribution in [0.25, 0.3) is 22.2 Å². The Hall–Kier alpha value is -2.54. The zero-order valence-corrected chi connectivity index (χ0v) is 13.6. The summed E-state index contributed by atoms with van der Waals surface area (Å²) in [5, 5.41) is 0.764. The fourth-order valence-corrected chi connectivity index (χ4v) is 3.24. The Bertz CT molecular complexity index is 987. The van der Waals surface area contributed by atoms with Crippen LogP contribution in [0.5, 0.6) is 5.75 Å². The molecule has 2 aromatic heterocycles. The predicted molar refractivity (Wildman–Crippen MR) is 88.4 cm³/mol. The molecule has 0 fully saturated rings. The lowest BCUT2D eigenvalue weighted by atomic mass is 10.0. The topological polar surface area (TPSA) is 57.0 Å². The first-order valence-electron chi connectivity index (χ1n) is 7.64. The summed E-state index contributed by atoms with van der Waals surface area (Å²) in [6.45, 7) is -0.777. The highest BCUT2D eigenvalue weighted by Gasteiger charge is 2.24. The second-order valence-electron chi connectivity index (χ2n) is 5.67. The van der Waals surface area contributed by atoms with Gasteiger partial charge >= 0.3 is 0 Å². The van der Waals surface area contributed by atoms with Gasteiger partial charge in [-0.3, -0.25) is 9.36 Å². The molecule has 0 N–H and O–H groups in total. The number of carbonyl (C=O) groups is 1. The highest BCUT2D eigenvalue weighted by atomic mass is 35.5. The number of benzene rings is 1. The number of aromatic nitrogens is 3. The van der Waals surface area contributed by atoms with Crippen LogP contribution < -0.4 is 4.74 Å².